The van der Waals surface area contributed by atoms with Gasteiger partial charge in [0.05, 0.1) is 33.4 Å². The molecule has 0 unspecified atom stereocenters. The summed E-state index contributed by atoms with van der Waals surface area (Å²) in [4.78, 5) is 25.0. The number of ether oxygens (including phenoxy) is 3. The summed E-state index contributed by atoms with van der Waals surface area (Å²) in [6.45, 7) is 1.09. The molecule has 10 nitrogen and oxygen atoms in total. The zero-order valence-corrected chi connectivity index (χ0v) is 19.3. The minimum Gasteiger partial charge on any atom is -0.493 e. The van der Waals surface area contributed by atoms with Gasteiger partial charge in [-0.3, -0.25) is 20.0 Å². The van der Waals surface area contributed by atoms with Crippen molar-refractivity contribution in [1.82, 2.24) is 26.6 Å². The lowest BCUT2D eigenvalue weighted by Gasteiger charge is -2.17. The van der Waals surface area contributed by atoms with Crippen LogP contribution >= 0.6 is 11.6 Å². The smallest absolute Gasteiger partial charge is 0.270 e. The monoisotopic (exact) mass is 475 g/mol. The molecule has 0 spiro atoms. The lowest BCUT2D eigenvalue weighted by molar-refractivity contribution is -0.118. The lowest BCUT2D eigenvalue weighted by Crippen LogP contribution is -2.42. The Hall–Kier alpha value is -3.63. The predicted molar refractivity (Wildman–Crippen MR) is 123 cm³/mol. The van der Waals surface area contributed by atoms with Crippen molar-refractivity contribution in [2.24, 2.45) is 0 Å². The number of benzene rings is 2. The van der Waals surface area contributed by atoms with Crippen molar-refractivity contribution < 1.29 is 23.8 Å². The quantitative estimate of drug-likeness (QED) is 0.409. The fraction of sp³-hybridized carbons (Fsp3) is 0.273. The van der Waals surface area contributed by atoms with Crippen LogP contribution in [0.25, 0.3) is 0 Å². The molecule has 1 heterocycles. The molecule has 2 amide bonds. The first-order valence-electron chi connectivity index (χ1n) is 10.1. The van der Waals surface area contributed by atoms with Crippen LogP contribution in [0, 0.1) is 0 Å². The van der Waals surface area contributed by atoms with E-state index in [-0.39, 0.29) is 17.6 Å². The maximum atomic E-state index is 12.6. The van der Waals surface area contributed by atoms with Crippen molar-refractivity contribution in [1.29, 1.82) is 0 Å². The van der Waals surface area contributed by atoms with E-state index in [9.17, 15) is 9.59 Å². The summed E-state index contributed by atoms with van der Waals surface area (Å²) >= 11 is 5.87. The molecule has 0 saturated heterocycles. The molecule has 3 rings (SSSR count). The molecule has 2 aromatic carbocycles. The molecule has 0 bridgehead atoms. The highest BCUT2D eigenvalue weighted by atomic mass is 35.5. The molecule has 0 fully saturated rings. The first-order valence-corrected chi connectivity index (χ1v) is 10.4. The van der Waals surface area contributed by atoms with Crippen LogP contribution in [0.2, 0.25) is 5.02 Å². The van der Waals surface area contributed by atoms with Gasteiger partial charge in [-0.1, -0.05) is 23.7 Å². The second kappa shape index (κ2) is 11.3. The Morgan fingerprint density at radius 1 is 0.939 bits per heavy atom. The van der Waals surface area contributed by atoms with E-state index >= 15 is 0 Å². The summed E-state index contributed by atoms with van der Waals surface area (Å²) in [5.41, 5.74) is 7.28. The third kappa shape index (κ3) is 5.99. The fourth-order valence-electron chi connectivity index (χ4n) is 3.13. The van der Waals surface area contributed by atoms with E-state index in [1.54, 1.807) is 35.5 Å². The number of nitrogens with zero attached hydrogens (tertiary/aromatic N) is 1. The topological polar surface area (TPSA) is 113 Å². The number of halogens is 1. The molecule has 1 aliphatic rings. The Morgan fingerprint density at radius 3 is 2.33 bits per heavy atom. The zero-order chi connectivity index (χ0) is 23.8. The van der Waals surface area contributed by atoms with Crippen molar-refractivity contribution in [2.75, 3.05) is 34.4 Å². The predicted octanol–water partition coefficient (Wildman–Crippen LogP) is 1.58. The summed E-state index contributed by atoms with van der Waals surface area (Å²) in [5.74, 6) is 0.499. The van der Waals surface area contributed by atoms with E-state index in [1.807, 2.05) is 12.1 Å². The van der Waals surface area contributed by atoms with Gasteiger partial charge in [-0.25, -0.2) is 0 Å². The van der Waals surface area contributed by atoms with Gasteiger partial charge in [-0.2, -0.15) is 0 Å². The van der Waals surface area contributed by atoms with Gasteiger partial charge in [0.1, 0.15) is 5.70 Å². The molecule has 0 atom stereocenters. The molecule has 4 N–H and O–H groups in total. The maximum absolute atomic E-state index is 12.6. The first-order chi connectivity index (χ1) is 16.0. The molecular weight excluding hydrogens is 450 g/mol. The highest BCUT2D eigenvalue weighted by Crippen LogP contribution is 2.39. The second-order valence-corrected chi connectivity index (χ2v) is 7.36. The molecule has 0 aromatic heterocycles. The van der Waals surface area contributed by atoms with Crippen LogP contribution in [0.15, 0.2) is 48.3 Å². The molecular formula is C22H26ClN5O5. The number of methoxy groups -OCH3 is 3. The molecule has 0 saturated carbocycles. The highest BCUT2D eigenvalue weighted by molar-refractivity contribution is 6.30. The van der Waals surface area contributed by atoms with Crippen molar-refractivity contribution in [3.8, 4) is 17.2 Å². The third-order valence-corrected chi connectivity index (χ3v) is 5.07. The average Bonchev–Trinajstić information content (AvgIpc) is 3.31. The number of rotatable bonds is 10. The maximum Gasteiger partial charge on any atom is 0.270 e. The van der Waals surface area contributed by atoms with Gasteiger partial charge in [0.25, 0.3) is 11.8 Å². The Labute approximate surface area is 196 Å². The van der Waals surface area contributed by atoms with Crippen LogP contribution in [0.5, 0.6) is 17.2 Å². The number of carbonyl (C=O) groups is 2. The Balaban J connectivity index is 1.50. The lowest BCUT2D eigenvalue weighted by atomic mass is 10.1. The number of carbonyl (C=O) groups excluding carboxylic acids is 2. The van der Waals surface area contributed by atoms with Gasteiger partial charge in [0, 0.05) is 24.3 Å². The van der Waals surface area contributed by atoms with E-state index in [4.69, 9.17) is 25.8 Å². The number of amides is 2. The summed E-state index contributed by atoms with van der Waals surface area (Å²) in [5, 5.41) is 7.94. The number of nitrogens with one attached hydrogen (secondary N) is 4. The van der Waals surface area contributed by atoms with Gasteiger partial charge in [0.15, 0.2) is 11.5 Å². The standard InChI is InChI=1S/C22H26ClN5O5/c1-31-18-9-8-16(19(32-2)20(18)33-3)21(29)24-10-11-28-13-17(26-27-28)22(30)25-12-14-4-6-15(23)7-5-14/h4-9,13,26-27H,10-12H2,1-3H3,(H,24,29)(H,25,30). The fourth-order valence-corrected chi connectivity index (χ4v) is 3.26. The largest absolute Gasteiger partial charge is 0.493 e. The van der Waals surface area contributed by atoms with Gasteiger partial charge < -0.3 is 24.8 Å². The second-order valence-electron chi connectivity index (χ2n) is 6.92. The van der Waals surface area contributed by atoms with E-state index in [2.05, 4.69) is 21.6 Å². The summed E-state index contributed by atoms with van der Waals surface area (Å²) in [6.07, 6.45) is 1.63. The third-order valence-electron chi connectivity index (χ3n) is 4.82. The van der Waals surface area contributed by atoms with Gasteiger partial charge in [-0.05, 0) is 29.8 Å². The molecule has 1 aliphatic heterocycles. The summed E-state index contributed by atoms with van der Waals surface area (Å²) in [6, 6.07) is 10.5. The highest BCUT2D eigenvalue weighted by Gasteiger charge is 2.21. The molecule has 33 heavy (non-hydrogen) atoms. The molecule has 11 heteroatoms. The minimum absolute atomic E-state index is 0.265. The van der Waals surface area contributed by atoms with Crippen molar-refractivity contribution in [3.63, 3.8) is 0 Å². The van der Waals surface area contributed by atoms with Gasteiger partial charge >= 0.3 is 0 Å². The van der Waals surface area contributed by atoms with Gasteiger partial charge in [0.2, 0.25) is 5.75 Å². The normalized spacial score (nSPS) is 12.5. The van der Waals surface area contributed by atoms with Crippen LogP contribution in [0.4, 0.5) is 0 Å². The van der Waals surface area contributed by atoms with Crippen LogP contribution in [-0.2, 0) is 11.3 Å². The van der Waals surface area contributed by atoms with E-state index in [1.165, 1.54) is 21.3 Å². The average molecular weight is 476 g/mol. The number of hydrogen-bond donors (Lipinski definition) is 4. The molecule has 2 aromatic rings. The Morgan fingerprint density at radius 2 is 1.67 bits per heavy atom. The van der Waals surface area contributed by atoms with E-state index in [0.717, 1.165) is 5.56 Å². The van der Waals surface area contributed by atoms with Crippen LogP contribution in [0.3, 0.4) is 0 Å². The first kappa shape index (κ1) is 24.0. The number of hydrazine groups is 2. The van der Waals surface area contributed by atoms with Crippen LogP contribution in [-0.4, -0.2) is 51.2 Å². The van der Waals surface area contributed by atoms with Crippen molar-refractivity contribution >= 4 is 23.4 Å². The van der Waals surface area contributed by atoms with Crippen LogP contribution < -0.4 is 35.8 Å². The Bertz CT molecular complexity index is 1030. The molecule has 176 valence electrons. The summed E-state index contributed by atoms with van der Waals surface area (Å²) < 4.78 is 15.9. The van der Waals surface area contributed by atoms with Crippen LogP contribution in [0.1, 0.15) is 15.9 Å². The zero-order valence-electron chi connectivity index (χ0n) is 18.5. The Kier molecular flexibility index (Phi) is 8.22. The molecule has 0 radical (unpaired) electrons. The van der Waals surface area contributed by atoms with Gasteiger partial charge in [-0.15, -0.1) is 5.53 Å². The van der Waals surface area contributed by atoms with Crippen molar-refractivity contribution in [2.45, 2.75) is 6.54 Å². The summed E-state index contributed by atoms with van der Waals surface area (Å²) in [7, 11) is 4.44. The minimum atomic E-state index is -0.329. The van der Waals surface area contributed by atoms with E-state index in [0.29, 0.717) is 47.4 Å². The van der Waals surface area contributed by atoms with Crippen molar-refractivity contribution in [3.05, 3.63) is 64.4 Å². The molecule has 0 aliphatic carbocycles. The number of hydrogen-bond acceptors (Lipinski definition) is 8. The van der Waals surface area contributed by atoms with E-state index < -0.39 is 0 Å². The SMILES string of the molecule is COc1ccc(C(=O)NCCN2C=C(C(=O)NCc3ccc(Cl)cc3)NN2)c(OC)c1OC.